The Bertz CT molecular complexity index is 853. The molecule has 3 aromatic carbocycles. The number of methoxy groups -OCH3 is 1. The summed E-state index contributed by atoms with van der Waals surface area (Å²) in [6.45, 7) is 6.64. The summed E-state index contributed by atoms with van der Waals surface area (Å²) in [6.07, 6.45) is 0.687. The van der Waals surface area contributed by atoms with E-state index in [1.807, 2.05) is 36.4 Å². The average Bonchev–Trinajstić information content (AvgIpc) is 2.73. The van der Waals surface area contributed by atoms with Gasteiger partial charge in [0.05, 0.1) is 12.3 Å². The lowest BCUT2D eigenvalue weighted by atomic mass is 9.98. The summed E-state index contributed by atoms with van der Waals surface area (Å²) < 4.78 is 5.48. The maximum absolute atomic E-state index is 12.5. The van der Waals surface area contributed by atoms with Crippen LogP contribution in [-0.4, -0.2) is 20.3 Å². The average molecular weight is 391 g/mol. The van der Waals surface area contributed by atoms with Crippen LogP contribution in [0.4, 0.5) is 0 Å². The van der Waals surface area contributed by atoms with Gasteiger partial charge in [-0.15, -0.1) is 0 Å². The fraction of sp³-hybridized carbons (Fsp3) is 0.280. The first kappa shape index (κ1) is 20.4. The second kappa shape index (κ2) is 8.34. The summed E-state index contributed by atoms with van der Waals surface area (Å²) in [6, 6.07) is 29.0. The minimum absolute atomic E-state index is 0.343. The highest BCUT2D eigenvalue weighted by atomic mass is 28.3. The third-order valence-corrected chi connectivity index (χ3v) is 10.9. The Kier molecular flexibility index (Phi) is 6.06. The van der Waals surface area contributed by atoms with Crippen LogP contribution in [0.2, 0.25) is 6.55 Å². The molecule has 1 N–H and O–H groups in total. The largest absolute Gasteiger partial charge is 0.497 e. The molecule has 0 saturated carbocycles. The van der Waals surface area contributed by atoms with E-state index in [9.17, 15) is 5.11 Å². The number of aliphatic hydroxyl groups is 1. The van der Waals surface area contributed by atoms with Gasteiger partial charge in [0.2, 0.25) is 0 Å². The van der Waals surface area contributed by atoms with Crippen LogP contribution < -0.4 is 15.1 Å². The van der Waals surface area contributed by atoms with Crippen LogP contribution >= 0.6 is 0 Å². The molecule has 0 aliphatic carbocycles. The van der Waals surface area contributed by atoms with E-state index >= 15 is 0 Å². The molecule has 0 heterocycles. The van der Waals surface area contributed by atoms with Crippen molar-refractivity contribution in [2.45, 2.75) is 32.0 Å². The van der Waals surface area contributed by atoms with Crippen molar-refractivity contribution in [1.82, 2.24) is 0 Å². The van der Waals surface area contributed by atoms with E-state index in [1.165, 1.54) is 10.4 Å². The fourth-order valence-corrected chi connectivity index (χ4v) is 8.83. The van der Waals surface area contributed by atoms with Crippen LogP contribution in [0.25, 0.3) is 0 Å². The molecular weight excluding hydrogens is 360 g/mol. The third kappa shape index (κ3) is 3.65. The van der Waals surface area contributed by atoms with Gasteiger partial charge in [-0.1, -0.05) is 104 Å². The van der Waals surface area contributed by atoms with Crippen molar-refractivity contribution in [2.75, 3.05) is 7.11 Å². The highest BCUT2D eigenvalue weighted by Gasteiger charge is 2.52. The first-order valence-electron chi connectivity index (χ1n) is 9.90. The van der Waals surface area contributed by atoms with Crippen LogP contribution in [0, 0.1) is 5.92 Å². The Labute approximate surface area is 169 Å². The normalized spacial score (nSPS) is 13.9. The number of hydrogen-bond acceptors (Lipinski definition) is 2. The Morgan fingerprint density at radius 2 is 1.39 bits per heavy atom. The molecule has 0 saturated heterocycles. The molecule has 0 bridgehead atoms. The highest BCUT2D eigenvalue weighted by molar-refractivity contribution is 7.03. The van der Waals surface area contributed by atoms with Gasteiger partial charge in [0.15, 0.2) is 8.07 Å². The van der Waals surface area contributed by atoms with Gasteiger partial charge in [-0.3, -0.25) is 0 Å². The maximum Gasteiger partial charge on any atom is 0.154 e. The molecule has 1 unspecified atom stereocenters. The smallest absolute Gasteiger partial charge is 0.154 e. The van der Waals surface area contributed by atoms with Crippen molar-refractivity contribution in [3.8, 4) is 5.75 Å². The van der Waals surface area contributed by atoms with E-state index < -0.39 is 13.3 Å². The van der Waals surface area contributed by atoms with Crippen LogP contribution in [0.1, 0.15) is 25.8 Å². The summed E-state index contributed by atoms with van der Waals surface area (Å²) in [5.74, 6) is 1.12. The highest BCUT2D eigenvalue weighted by Crippen LogP contribution is 2.38. The lowest BCUT2D eigenvalue weighted by molar-refractivity contribution is 0.0920. The van der Waals surface area contributed by atoms with Crippen molar-refractivity contribution in [1.29, 1.82) is 0 Å². The zero-order valence-corrected chi connectivity index (χ0v) is 18.2. The first-order valence-corrected chi connectivity index (χ1v) is 12.4. The quantitative estimate of drug-likeness (QED) is 0.607. The number of hydrogen-bond donors (Lipinski definition) is 1. The maximum atomic E-state index is 12.5. The van der Waals surface area contributed by atoms with Crippen molar-refractivity contribution in [3.63, 3.8) is 0 Å². The molecule has 3 heteroatoms. The van der Waals surface area contributed by atoms with Gasteiger partial charge < -0.3 is 9.84 Å². The summed E-state index contributed by atoms with van der Waals surface area (Å²) >= 11 is 0. The summed E-state index contributed by atoms with van der Waals surface area (Å²) in [4.78, 5) is 0. The van der Waals surface area contributed by atoms with E-state index in [4.69, 9.17) is 4.74 Å². The second-order valence-electron chi connectivity index (χ2n) is 8.05. The molecule has 0 radical (unpaired) electrons. The predicted molar refractivity (Wildman–Crippen MR) is 120 cm³/mol. The van der Waals surface area contributed by atoms with Crippen LogP contribution in [-0.2, 0) is 5.22 Å². The molecule has 28 heavy (non-hydrogen) atoms. The predicted octanol–water partition coefficient (Wildman–Crippen LogP) is 4.36. The van der Waals surface area contributed by atoms with Gasteiger partial charge >= 0.3 is 0 Å². The molecule has 146 valence electrons. The minimum atomic E-state index is -2.59. The molecule has 0 aliphatic rings. The Morgan fingerprint density at radius 3 is 1.86 bits per heavy atom. The van der Waals surface area contributed by atoms with E-state index in [0.717, 1.165) is 11.3 Å². The topological polar surface area (TPSA) is 29.5 Å². The van der Waals surface area contributed by atoms with E-state index in [2.05, 4.69) is 68.9 Å². The molecule has 3 rings (SSSR count). The summed E-state index contributed by atoms with van der Waals surface area (Å²) in [5, 5.41) is 14.0. The van der Waals surface area contributed by atoms with Crippen molar-refractivity contribution >= 4 is 18.4 Å². The molecule has 0 amide bonds. The minimum Gasteiger partial charge on any atom is -0.497 e. The molecule has 3 aromatic rings. The van der Waals surface area contributed by atoms with Crippen LogP contribution in [0.15, 0.2) is 84.9 Å². The third-order valence-electron chi connectivity index (χ3n) is 5.78. The zero-order chi connectivity index (χ0) is 20.2. The van der Waals surface area contributed by atoms with Gasteiger partial charge in [-0.2, -0.15) is 0 Å². The summed E-state index contributed by atoms with van der Waals surface area (Å²) in [7, 11) is -0.922. The lowest BCUT2D eigenvalue weighted by Crippen LogP contribution is -2.70. The molecular formula is C25H30O2Si. The van der Waals surface area contributed by atoms with Crippen LogP contribution in [0.3, 0.4) is 0 Å². The molecule has 0 fully saturated rings. The van der Waals surface area contributed by atoms with Gasteiger partial charge in [0.1, 0.15) is 5.75 Å². The van der Waals surface area contributed by atoms with Gasteiger partial charge in [0, 0.05) is 0 Å². The molecule has 1 atom stereocenters. The number of ether oxygens (including phenoxy) is 1. The Morgan fingerprint density at radius 1 is 0.857 bits per heavy atom. The van der Waals surface area contributed by atoms with Crippen molar-refractivity contribution in [2.24, 2.45) is 5.92 Å². The monoisotopic (exact) mass is 390 g/mol. The fourth-order valence-electron chi connectivity index (χ4n) is 4.27. The van der Waals surface area contributed by atoms with E-state index in [1.54, 1.807) is 7.11 Å². The van der Waals surface area contributed by atoms with Gasteiger partial charge in [-0.25, -0.2) is 0 Å². The zero-order valence-electron chi connectivity index (χ0n) is 17.2. The standard InChI is InChI=1S/C25H30O2Si/c1-20(2)19-25(26,21-12-11-13-22(18-21)27-3)28(4,23-14-7-5-8-15-23)24-16-9-6-10-17-24/h5-18,20,26H,19H2,1-4H3. The van der Waals surface area contributed by atoms with Gasteiger partial charge in [-0.05, 0) is 30.0 Å². The number of benzene rings is 3. The SMILES string of the molecule is COc1cccc(C(O)(CC(C)C)[Si](C)(c2ccccc2)c2ccccc2)c1. The summed E-state index contributed by atoms with van der Waals surface area (Å²) in [5.41, 5.74) is 0.933. The number of rotatable bonds is 7. The van der Waals surface area contributed by atoms with E-state index in [0.29, 0.717) is 12.3 Å². The molecule has 2 nitrogen and oxygen atoms in total. The van der Waals surface area contributed by atoms with Crippen LogP contribution in [0.5, 0.6) is 5.75 Å². The molecule has 0 aliphatic heterocycles. The first-order chi connectivity index (χ1) is 13.4. The lowest BCUT2D eigenvalue weighted by Gasteiger charge is -2.46. The molecule has 0 spiro atoms. The molecule has 0 aromatic heterocycles. The van der Waals surface area contributed by atoms with Gasteiger partial charge in [0.25, 0.3) is 0 Å². The van der Waals surface area contributed by atoms with E-state index in [-0.39, 0.29) is 0 Å². The Hall–Kier alpha value is -2.36. The van der Waals surface area contributed by atoms with Crippen molar-refractivity contribution in [3.05, 3.63) is 90.5 Å². The second-order valence-corrected chi connectivity index (χ2v) is 12.3. The Balaban J connectivity index is 2.32. The van der Waals surface area contributed by atoms with Crippen molar-refractivity contribution < 1.29 is 9.84 Å².